The molecule has 0 unspecified atom stereocenters. The molecule has 2 aromatic heterocycles. The molecule has 3 aromatic rings. The smallest absolute Gasteiger partial charge is 0.139 e. The molecule has 0 atom stereocenters. The summed E-state index contributed by atoms with van der Waals surface area (Å²) in [6.45, 7) is 4.01. The van der Waals surface area contributed by atoms with Crippen LogP contribution in [0.25, 0.3) is 16.9 Å². The first-order chi connectivity index (χ1) is 9.65. The first-order valence-corrected chi connectivity index (χ1v) is 6.65. The van der Waals surface area contributed by atoms with Gasteiger partial charge >= 0.3 is 0 Å². The third kappa shape index (κ3) is 2.20. The first-order valence-electron chi connectivity index (χ1n) is 6.65. The minimum atomic E-state index is 0.142. The van der Waals surface area contributed by atoms with Gasteiger partial charge in [0.2, 0.25) is 0 Å². The summed E-state index contributed by atoms with van der Waals surface area (Å²) < 4.78 is 7.60. The molecule has 0 bridgehead atoms. The average molecular weight is 267 g/mol. The lowest BCUT2D eigenvalue weighted by atomic mass is 10.1. The van der Waals surface area contributed by atoms with Crippen molar-refractivity contribution in [2.75, 3.05) is 5.73 Å². The number of aromatic nitrogens is 2. The number of pyridine rings is 1. The van der Waals surface area contributed by atoms with Crippen molar-refractivity contribution in [1.29, 1.82) is 0 Å². The third-order valence-corrected chi connectivity index (χ3v) is 3.05. The number of hydrogen-bond acceptors (Lipinski definition) is 3. The van der Waals surface area contributed by atoms with E-state index < -0.39 is 0 Å². The number of anilines is 1. The predicted molar refractivity (Wildman–Crippen MR) is 80.8 cm³/mol. The molecular formula is C16H17N3O. The second-order valence-corrected chi connectivity index (χ2v) is 4.97. The van der Waals surface area contributed by atoms with E-state index in [0.29, 0.717) is 5.82 Å². The number of ether oxygens (including phenoxy) is 1. The summed E-state index contributed by atoms with van der Waals surface area (Å²) in [4.78, 5) is 4.59. The minimum Gasteiger partial charge on any atom is -0.491 e. The summed E-state index contributed by atoms with van der Waals surface area (Å²) in [6.07, 6.45) is 2.05. The number of nitrogens with two attached hydrogens (primary N) is 1. The molecule has 0 radical (unpaired) electrons. The lowest BCUT2D eigenvalue weighted by Gasteiger charge is -2.10. The highest BCUT2D eigenvalue weighted by Gasteiger charge is 2.11. The van der Waals surface area contributed by atoms with E-state index in [0.717, 1.165) is 22.7 Å². The number of nitrogen functional groups attached to an aromatic ring is 1. The summed E-state index contributed by atoms with van der Waals surface area (Å²) in [6, 6.07) is 13.7. The summed E-state index contributed by atoms with van der Waals surface area (Å²) in [5.74, 6) is 1.47. The van der Waals surface area contributed by atoms with Crippen LogP contribution in [-0.4, -0.2) is 15.5 Å². The zero-order chi connectivity index (χ0) is 14.1. The molecule has 0 saturated heterocycles. The van der Waals surface area contributed by atoms with Gasteiger partial charge in [-0.1, -0.05) is 18.2 Å². The fourth-order valence-electron chi connectivity index (χ4n) is 2.22. The van der Waals surface area contributed by atoms with Gasteiger partial charge in [0, 0.05) is 11.8 Å². The van der Waals surface area contributed by atoms with E-state index >= 15 is 0 Å². The molecule has 0 saturated carbocycles. The molecule has 0 aliphatic heterocycles. The highest BCUT2D eigenvalue weighted by atomic mass is 16.5. The lowest BCUT2D eigenvalue weighted by molar-refractivity contribution is 0.242. The van der Waals surface area contributed by atoms with Gasteiger partial charge in [-0.2, -0.15) is 0 Å². The van der Waals surface area contributed by atoms with Gasteiger partial charge in [0.25, 0.3) is 0 Å². The fourth-order valence-corrected chi connectivity index (χ4v) is 2.22. The van der Waals surface area contributed by atoms with Gasteiger partial charge in [0.15, 0.2) is 0 Å². The van der Waals surface area contributed by atoms with Gasteiger partial charge in [-0.25, -0.2) is 4.98 Å². The van der Waals surface area contributed by atoms with E-state index in [1.807, 2.05) is 66.9 Å². The second-order valence-electron chi connectivity index (χ2n) is 4.97. The number of hydrogen-bond donors (Lipinski definition) is 1. The van der Waals surface area contributed by atoms with E-state index in [1.165, 1.54) is 0 Å². The largest absolute Gasteiger partial charge is 0.491 e. The highest BCUT2D eigenvalue weighted by molar-refractivity contribution is 5.75. The summed E-state index contributed by atoms with van der Waals surface area (Å²) in [7, 11) is 0. The Hall–Kier alpha value is -2.49. The van der Waals surface area contributed by atoms with Gasteiger partial charge in [-0.15, -0.1) is 0 Å². The minimum absolute atomic E-state index is 0.142. The molecule has 20 heavy (non-hydrogen) atoms. The number of nitrogens with zero attached hydrogens (tertiary/aromatic N) is 2. The monoisotopic (exact) mass is 267 g/mol. The number of rotatable bonds is 3. The van der Waals surface area contributed by atoms with Crippen molar-refractivity contribution in [3.8, 4) is 17.0 Å². The Bertz CT molecular complexity index is 746. The summed E-state index contributed by atoms with van der Waals surface area (Å²) in [5.41, 5.74) is 8.77. The maximum Gasteiger partial charge on any atom is 0.139 e. The number of imidazole rings is 1. The molecule has 4 heteroatoms. The standard InChI is InChI=1S/C16H17N3O/c1-11(2)20-13-7-5-6-12(10-13)15-16(17)19-9-4-3-8-14(19)18-15/h3-11H,17H2,1-2H3. The molecule has 0 aliphatic rings. The Morgan fingerprint density at radius 2 is 2.00 bits per heavy atom. The molecule has 102 valence electrons. The maximum atomic E-state index is 6.18. The average Bonchev–Trinajstić information content (AvgIpc) is 2.76. The molecule has 0 aliphatic carbocycles. The molecule has 0 amide bonds. The number of fused-ring (bicyclic) bond motifs is 1. The van der Waals surface area contributed by atoms with Crippen LogP contribution >= 0.6 is 0 Å². The van der Waals surface area contributed by atoms with Crippen molar-refractivity contribution in [3.63, 3.8) is 0 Å². The van der Waals surface area contributed by atoms with E-state index in [2.05, 4.69) is 4.98 Å². The fraction of sp³-hybridized carbons (Fsp3) is 0.188. The summed E-state index contributed by atoms with van der Waals surface area (Å²) in [5, 5.41) is 0. The molecular weight excluding hydrogens is 250 g/mol. The van der Waals surface area contributed by atoms with Crippen LogP contribution in [0.2, 0.25) is 0 Å². The Kier molecular flexibility index (Phi) is 3.06. The van der Waals surface area contributed by atoms with Crippen LogP contribution in [0.3, 0.4) is 0 Å². The van der Waals surface area contributed by atoms with Crippen molar-refractivity contribution in [1.82, 2.24) is 9.38 Å². The number of benzene rings is 1. The zero-order valence-electron chi connectivity index (χ0n) is 11.6. The molecule has 1 aromatic carbocycles. The molecule has 2 N–H and O–H groups in total. The predicted octanol–water partition coefficient (Wildman–Crippen LogP) is 3.37. The third-order valence-electron chi connectivity index (χ3n) is 3.05. The van der Waals surface area contributed by atoms with Gasteiger partial charge in [-0.3, -0.25) is 4.40 Å². The Morgan fingerprint density at radius 3 is 2.75 bits per heavy atom. The maximum absolute atomic E-state index is 6.18. The van der Waals surface area contributed by atoms with E-state index in [1.54, 1.807) is 0 Å². The van der Waals surface area contributed by atoms with Crippen LogP contribution in [0.5, 0.6) is 5.75 Å². The molecule has 3 rings (SSSR count). The molecule has 0 spiro atoms. The highest BCUT2D eigenvalue weighted by Crippen LogP contribution is 2.29. The van der Waals surface area contributed by atoms with Crippen LogP contribution < -0.4 is 10.5 Å². The molecule has 4 nitrogen and oxygen atoms in total. The van der Waals surface area contributed by atoms with Gasteiger partial charge in [-0.05, 0) is 38.1 Å². The van der Waals surface area contributed by atoms with E-state index in [9.17, 15) is 0 Å². The van der Waals surface area contributed by atoms with Crippen molar-refractivity contribution in [2.24, 2.45) is 0 Å². The van der Waals surface area contributed by atoms with Crippen molar-refractivity contribution in [3.05, 3.63) is 48.7 Å². The zero-order valence-corrected chi connectivity index (χ0v) is 11.6. The first kappa shape index (κ1) is 12.5. The van der Waals surface area contributed by atoms with Crippen molar-refractivity contribution in [2.45, 2.75) is 20.0 Å². The van der Waals surface area contributed by atoms with Gasteiger partial charge in [0.05, 0.1) is 6.10 Å². The summed E-state index contributed by atoms with van der Waals surface area (Å²) >= 11 is 0. The van der Waals surface area contributed by atoms with Crippen LogP contribution in [0.4, 0.5) is 5.82 Å². The SMILES string of the molecule is CC(C)Oc1cccc(-c2nc3ccccn3c2N)c1. The van der Waals surface area contributed by atoms with Gasteiger partial charge in [0.1, 0.15) is 22.9 Å². The van der Waals surface area contributed by atoms with Crippen LogP contribution in [0.15, 0.2) is 48.7 Å². The topological polar surface area (TPSA) is 52.5 Å². The van der Waals surface area contributed by atoms with Gasteiger partial charge < -0.3 is 10.5 Å². The molecule has 2 heterocycles. The van der Waals surface area contributed by atoms with Crippen LogP contribution in [0, 0.1) is 0 Å². The van der Waals surface area contributed by atoms with Crippen molar-refractivity contribution < 1.29 is 4.74 Å². The Morgan fingerprint density at radius 1 is 1.15 bits per heavy atom. The van der Waals surface area contributed by atoms with Crippen LogP contribution in [0.1, 0.15) is 13.8 Å². The second kappa shape index (κ2) is 4.89. The lowest BCUT2D eigenvalue weighted by Crippen LogP contribution is -2.05. The van der Waals surface area contributed by atoms with E-state index in [-0.39, 0.29) is 6.10 Å². The Labute approximate surface area is 117 Å². The van der Waals surface area contributed by atoms with Crippen molar-refractivity contribution >= 4 is 11.5 Å². The normalized spacial score (nSPS) is 11.2. The molecule has 0 fully saturated rings. The Balaban J connectivity index is 2.08. The van der Waals surface area contributed by atoms with E-state index in [4.69, 9.17) is 10.5 Å². The van der Waals surface area contributed by atoms with Crippen LogP contribution in [-0.2, 0) is 0 Å². The quantitative estimate of drug-likeness (QED) is 0.791.